The maximum atomic E-state index is 12.8. The molecule has 4 nitrogen and oxygen atoms in total. The lowest BCUT2D eigenvalue weighted by Crippen LogP contribution is -2.44. The largest absolute Gasteiger partial charge is 0.273 e. The first-order valence-corrected chi connectivity index (χ1v) is 8.94. The van der Waals surface area contributed by atoms with Gasteiger partial charge in [0.1, 0.15) is 11.6 Å². The van der Waals surface area contributed by atoms with Gasteiger partial charge in [-0.3, -0.25) is 14.5 Å². The Hall–Kier alpha value is -2.32. The molecule has 0 bridgehead atoms. The molecule has 0 spiro atoms. The highest BCUT2D eigenvalue weighted by molar-refractivity contribution is 7.98. The molecule has 0 aliphatic carbocycles. The summed E-state index contributed by atoms with van der Waals surface area (Å²) in [7, 11) is 0. The average molecular weight is 340 g/mol. The highest BCUT2D eigenvalue weighted by atomic mass is 32.2. The van der Waals surface area contributed by atoms with E-state index in [1.807, 2.05) is 50.4 Å². The van der Waals surface area contributed by atoms with E-state index in [1.165, 1.54) is 4.90 Å². The lowest BCUT2D eigenvalue weighted by Gasteiger charge is -2.28. The number of benzene rings is 1. The third-order valence-electron chi connectivity index (χ3n) is 3.80. The van der Waals surface area contributed by atoms with Gasteiger partial charge in [-0.2, -0.15) is 5.26 Å². The second-order valence-corrected chi connectivity index (χ2v) is 6.94. The van der Waals surface area contributed by atoms with Crippen molar-refractivity contribution in [1.82, 2.24) is 4.90 Å². The molecule has 0 unspecified atom stereocenters. The van der Waals surface area contributed by atoms with Crippen LogP contribution in [-0.2, 0) is 9.59 Å². The van der Waals surface area contributed by atoms with Crippen molar-refractivity contribution in [3.05, 3.63) is 46.5 Å². The number of nitrogens with zero attached hydrogens (tertiary/aromatic N) is 2. The third kappa shape index (κ3) is 3.60. The lowest BCUT2D eigenvalue weighted by atomic mass is 9.93. The first-order valence-electron chi connectivity index (χ1n) is 7.72. The Bertz CT molecular complexity index is 768. The summed E-state index contributed by atoms with van der Waals surface area (Å²) in [5.41, 5.74) is 1.76. The summed E-state index contributed by atoms with van der Waals surface area (Å²) in [4.78, 5) is 27.5. The minimum atomic E-state index is -0.497. The zero-order valence-electron chi connectivity index (χ0n) is 14.3. The highest BCUT2D eigenvalue weighted by Gasteiger charge is 2.35. The molecule has 0 saturated heterocycles. The molecule has 1 aromatic carbocycles. The van der Waals surface area contributed by atoms with Gasteiger partial charge in [0.05, 0.1) is 0 Å². The van der Waals surface area contributed by atoms with Crippen LogP contribution in [0.2, 0.25) is 0 Å². The summed E-state index contributed by atoms with van der Waals surface area (Å²) in [6, 6.07) is 9.76. The van der Waals surface area contributed by atoms with Gasteiger partial charge in [0.25, 0.3) is 11.8 Å². The minimum absolute atomic E-state index is 0.0437. The van der Waals surface area contributed by atoms with E-state index in [-0.39, 0.29) is 17.4 Å². The molecule has 1 aliphatic rings. The molecular weight excluding hydrogens is 320 g/mol. The summed E-state index contributed by atoms with van der Waals surface area (Å²) in [5, 5.41) is 9.33. The normalized spacial score (nSPS) is 17.0. The van der Waals surface area contributed by atoms with E-state index in [0.29, 0.717) is 17.7 Å². The molecule has 0 aromatic heterocycles. The number of carbonyl (C=O) groups is 2. The van der Waals surface area contributed by atoms with Crippen molar-refractivity contribution in [2.75, 3.05) is 12.8 Å². The number of hydrogen-bond acceptors (Lipinski definition) is 4. The molecular formula is C19H20N2O2S. The van der Waals surface area contributed by atoms with E-state index in [9.17, 15) is 14.9 Å². The fourth-order valence-corrected chi connectivity index (χ4v) is 2.94. The van der Waals surface area contributed by atoms with Crippen LogP contribution in [0.25, 0.3) is 6.08 Å². The molecule has 5 heteroatoms. The highest BCUT2D eigenvalue weighted by Crippen LogP contribution is 2.28. The van der Waals surface area contributed by atoms with E-state index in [1.54, 1.807) is 24.8 Å². The molecule has 1 aromatic rings. The predicted octanol–water partition coefficient (Wildman–Crippen LogP) is 3.66. The van der Waals surface area contributed by atoms with E-state index >= 15 is 0 Å². The van der Waals surface area contributed by atoms with Gasteiger partial charge >= 0.3 is 0 Å². The van der Waals surface area contributed by atoms with Crippen LogP contribution in [0, 0.1) is 17.2 Å². The van der Waals surface area contributed by atoms with E-state index in [0.717, 1.165) is 10.5 Å². The predicted molar refractivity (Wildman–Crippen MR) is 96.1 cm³/mol. The van der Waals surface area contributed by atoms with Crippen molar-refractivity contribution in [2.24, 2.45) is 5.92 Å². The topological polar surface area (TPSA) is 61.2 Å². The van der Waals surface area contributed by atoms with E-state index < -0.39 is 5.91 Å². The van der Waals surface area contributed by atoms with Gasteiger partial charge in [0.2, 0.25) is 0 Å². The molecule has 0 N–H and O–H groups in total. The molecule has 0 fully saturated rings. The van der Waals surface area contributed by atoms with Gasteiger partial charge < -0.3 is 0 Å². The monoisotopic (exact) mass is 340 g/mol. The first kappa shape index (κ1) is 18.0. The van der Waals surface area contributed by atoms with Crippen molar-refractivity contribution in [3.8, 4) is 6.07 Å². The van der Waals surface area contributed by atoms with Crippen LogP contribution in [0.1, 0.15) is 26.3 Å². The first-order chi connectivity index (χ1) is 11.4. The molecule has 0 atom stereocenters. The standard InChI is InChI=1S/C19H20N2O2S/c1-12(2)11-21-18(22)16(13(3)17(10-20)19(21)23)9-14-5-7-15(24-4)8-6-14/h5-9,12H,11H2,1-4H3/b16-9+. The summed E-state index contributed by atoms with van der Waals surface area (Å²) in [6.45, 7) is 5.83. The molecule has 1 aliphatic heterocycles. The van der Waals surface area contributed by atoms with Crippen molar-refractivity contribution in [1.29, 1.82) is 5.26 Å². The Balaban J connectivity index is 2.51. The number of imide groups is 1. The zero-order valence-corrected chi connectivity index (χ0v) is 15.1. The van der Waals surface area contributed by atoms with Gasteiger partial charge in [-0.15, -0.1) is 11.8 Å². The van der Waals surface area contributed by atoms with E-state index in [2.05, 4.69) is 0 Å². The smallest absolute Gasteiger partial charge is 0.271 e. The number of thioether (sulfide) groups is 1. The minimum Gasteiger partial charge on any atom is -0.273 e. The van der Waals surface area contributed by atoms with Gasteiger partial charge in [0, 0.05) is 17.0 Å². The van der Waals surface area contributed by atoms with Gasteiger partial charge in [0.15, 0.2) is 0 Å². The number of amides is 2. The van der Waals surface area contributed by atoms with Gasteiger partial charge in [-0.25, -0.2) is 0 Å². The molecule has 124 valence electrons. The number of rotatable bonds is 4. The van der Waals surface area contributed by atoms with Crippen LogP contribution in [-0.4, -0.2) is 29.5 Å². The fourth-order valence-electron chi connectivity index (χ4n) is 2.53. The van der Waals surface area contributed by atoms with Crippen molar-refractivity contribution < 1.29 is 9.59 Å². The Morgan fingerprint density at radius 2 is 1.83 bits per heavy atom. The average Bonchev–Trinajstić information content (AvgIpc) is 2.56. The second-order valence-electron chi connectivity index (χ2n) is 6.06. The van der Waals surface area contributed by atoms with Crippen molar-refractivity contribution >= 4 is 29.7 Å². The summed E-state index contributed by atoms with van der Waals surface area (Å²) < 4.78 is 0. The molecule has 24 heavy (non-hydrogen) atoms. The molecule has 0 saturated carbocycles. The van der Waals surface area contributed by atoms with Crippen LogP contribution in [0.5, 0.6) is 0 Å². The molecule has 2 amide bonds. The Labute approximate surface area is 146 Å². The number of nitriles is 1. The maximum absolute atomic E-state index is 12.8. The molecule has 2 rings (SSSR count). The Kier molecular flexibility index (Phi) is 5.63. The van der Waals surface area contributed by atoms with Crippen LogP contribution < -0.4 is 0 Å². The molecule has 0 radical (unpaired) electrons. The quantitative estimate of drug-likeness (QED) is 0.477. The van der Waals surface area contributed by atoms with Crippen LogP contribution in [0.3, 0.4) is 0 Å². The maximum Gasteiger partial charge on any atom is 0.271 e. The van der Waals surface area contributed by atoms with Crippen LogP contribution in [0.15, 0.2) is 45.9 Å². The van der Waals surface area contributed by atoms with Crippen molar-refractivity contribution in [2.45, 2.75) is 25.7 Å². The van der Waals surface area contributed by atoms with Gasteiger partial charge in [-0.05, 0) is 48.4 Å². The lowest BCUT2D eigenvalue weighted by molar-refractivity contribution is -0.141. The Morgan fingerprint density at radius 3 is 2.33 bits per heavy atom. The van der Waals surface area contributed by atoms with E-state index in [4.69, 9.17) is 0 Å². The Morgan fingerprint density at radius 1 is 1.21 bits per heavy atom. The summed E-state index contributed by atoms with van der Waals surface area (Å²) in [6.07, 6.45) is 3.75. The summed E-state index contributed by atoms with van der Waals surface area (Å²) >= 11 is 1.64. The summed E-state index contributed by atoms with van der Waals surface area (Å²) in [5.74, 6) is -0.693. The van der Waals surface area contributed by atoms with Gasteiger partial charge in [-0.1, -0.05) is 26.0 Å². The SMILES string of the molecule is CSc1ccc(/C=C2/C(=O)N(CC(C)C)C(=O)C(C#N)=C2C)cc1. The third-order valence-corrected chi connectivity index (χ3v) is 4.54. The van der Waals surface area contributed by atoms with Crippen molar-refractivity contribution in [3.63, 3.8) is 0 Å². The number of carbonyl (C=O) groups excluding carboxylic acids is 2. The zero-order chi connectivity index (χ0) is 17.9. The van der Waals surface area contributed by atoms with Crippen LogP contribution in [0.4, 0.5) is 0 Å². The second kappa shape index (κ2) is 7.50. The number of hydrogen-bond donors (Lipinski definition) is 0. The van der Waals surface area contributed by atoms with Crippen LogP contribution >= 0.6 is 11.8 Å². The fraction of sp³-hybridized carbons (Fsp3) is 0.316. The molecule has 1 heterocycles.